The highest BCUT2D eigenvalue weighted by atomic mass is 31.2. The van der Waals surface area contributed by atoms with Crippen molar-refractivity contribution in [3.05, 3.63) is 0 Å². The molecule has 0 saturated carbocycles. The molecule has 0 aromatic rings. The molecule has 0 aromatic carbocycles. The van der Waals surface area contributed by atoms with Crippen LogP contribution in [0.2, 0.25) is 0 Å². The van der Waals surface area contributed by atoms with Gasteiger partial charge in [0.15, 0.2) is 5.96 Å². The van der Waals surface area contributed by atoms with Gasteiger partial charge >= 0.3 is 7.60 Å². The zero-order chi connectivity index (χ0) is 23.5. The maximum absolute atomic E-state index is 13.1. The Balaban J connectivity index is 5.76. The van der Waals surface area contributed by atoms with Crippen molar-refractivity contribution in [1.82, 2.24) is 15.5 Å². The predicted molar refractivity (Wildman–Crippen MR) is 112 cm³/mol. The highest BCUT2D eigenvalue weighted by Crippen LogP contribution is 2.43. The second kappa shape index (κ2) is 13.3. The minimum Gasteiger partial charge on any atom is -0.370 e. The maximum Gasteiger partial charge on any atom is 0.348 e. The molecule has 0 bridgehead atoms. The van der Waals surface area contributed by atoms with Crippen LogP contribution in [0.3, 0.4) is 0 Å². The fourth-order valence-corrected chi connectivity index (χ4v) is 3.10. The lowest BCUT2D eigenvalue weighted by Gasteiger charge is -2.31. The molecule has 0 aliphatic heterocycles. The van der Waals surface area contributed by atoms with Crippen molar-refractivity contribution in [2.45, 2.75) is 57.4 Å². The van der Waals surface area contributed by atoms with Gasteiger partial charge in [-0.3, -0.25) is 28.8 Å². The van der Waals surface area contributed by atoms with E-state index in [9.17, 15) is 28.7 Å². The van der Waals surface area contributed by atoms with Crippen LogP contribution >= 0.6 is 7.60 Å². The molecule has 30 heavy (non-hydrogen) atoms. The van der Waals surface area contributed by atoms with E-state index >= 15 is 0 Å². The van der Waals surface area contributed by atoms with E-state index in [2.05, 4.69) is 15.6 Å². The van der Waals surface area contributed by atoms with E-state index in [4.69, 9.17) is 17.2 Å². The summed E-state index contributed by atoms with van der Waals surface area (Å²) >= 11 is 0. The normalized spacial score (nSPS) is 14.3. The van der Waals surface area contributed by atoms with E-state index in [-0.39, 0.29) is 31.9 Å². The molecular formula is C16H34N7O6P. The number of rotatable bonds is 13. The summed E-state index contributed by atoms with van der Waals surface area (Å²) in [6.07, 6.45) is 1.30. The number of nitrogens with two attached hydrogens (primary N) is 3. The van der Waals surface area contributed by atoms with Crippen LogP contribution in [-0.4, -0.2) is 76.4 Å². The summed E-state index contributed by atoms with van der Waals surface area (Å²) in [6.45, 7) is 2.72. The van der Waals surface area contributed by atoms with E-state index in [1.807, 2.05) is 6.92 Å². The van der Waals surface area contributed by atoms with Gasteiger partial charge in [-0.1, -0.05) is 13.3 Å². The summed E-state index contributed by atoms with van der Waals surface area (Å²) in [7, 11) is -3.38. The molecule has 10 N–H and O–H groups in total. The van der Waals surface area contributed by atoms with Gasteiger partial charge in [-0.15, -0.1) is 0 Å². The number of guanidine groups is 1. The second-order valence-corrected chi connectivity index (χ2v) is 8.68. The minimum absolute atomic E-state index is 0.0252. The van der Waals surface area contributed by atoms with Gasteiger partial charge in [0.1, 0.15) is 11.8 Å². The zero-order valence-electron chi connectivity index (χ0n) is 17.6. The largest absolute Gasteiger partial charge is 0.370 e. The van der Waals surface area contributed by atoms with Gasteiger partial charge in [0.25, 0.3) is 5.91 Å². The number of likely N-dealkylation sites (N-methyl/N-ethyl adjacent to an activating group) is 1. The third-order valence-electron chi connectivity index (χ3n) is 4.19. The number of hydrogen-bond acceptors (Lipinski definition) is 7. The zero-order valence-corrected chi connectivity index (χ0v) is 18.5. The lowest BCUT2D eigenvalue weighted by molar-refractivity contribution is -0.148. The van der Waals surface area contributed by atoms with Crippen molar-refractivity contribution in [3.63, 3.8) is 0 Å². The van der Waals surface area contributed by atoms with E-state index in [0.717, 1.165) is 6.92 Å². The quantitative estimate of drug-likeness (QED) is 0.0688. The van der Waals surface area contributed by atoms with Crippen molar-refractivity contribution in [1.29, 1.82) is 0 Å². The Morgan fingerprint density at radius 1 is 1.20 bits per heavy atom. The minimum atomic E-state index is -4.83. The third-order valence-corrected chi connectivity index (χ3v) is 5.40. The van der Waals surface area contributed by atoms with Gasteiger partial charge in [-0.05, 0) is 33.2 Å². The first-order valence-corrected chi connectivity index (χ1v) is 11.2. The van der Waals surface area contributed by atoms with Gasteiger partial charge in [0, 0.05) is 6.54 Å². The van der Waals surface area contributed by atoms with E-state index < -0.39 is 43.2 Å². The number of nitrogens with one attached hydrogen (secondary N) is 2. The Bertz CT molecular complexity index is 664. The van der Waals surface area contributed by atoms with Gasteiger partial charge in [0.2, 0.25) is 11.8 Å². The molecule has 3 amide bonds. The highest BCUT2D eigenvalue weighted by Gasteiger charge is 2.40. The van der Waals surface area contributed by atoms with Crippen LogP contribution in [0, 0.1) is 0 Å². The van der Waals surface area contributed by atoms with Crippen molar-refractivity contribution in [2.75, 3.05) is 20.1 Å². The molecule has 0 aromatic heterocycles. The van der Waals surface area contributed by atoms with Crippen LogP contribution in [0.5, 0.6) is 0 Å². The molecule has 13 nitrogen and oxygen atoms in total. The Morgan fingerprint density at radius 3 is 2.27 bits per heavy atom. The molecule has 0 rings (SSSR count). The van der Waals surface area contributed by atoms with Crippen LogP contribution in [0.1, 0.15) is 39.5 Å². The van der Waals surface area contributed by atoms with E-state index in [1.165, 1.54) is 7.05 Å². The molecule has 0 heterocycles. The Hall–Kier alpha value is -2.05. The Kier molecular flexibility index (Phi) is 12.4. The number of hydrogen-bond donors (Lipinski definition) is 7. The third kappa shape index (κ3) is 9.63. The van der Waals surface area contributed by atoms with E-state index in [0.29, 0.717) is 17.7 Å². The van der Waals surface area contributed by atoms with Gasteiger partial charge in [-0.2, -0.15) is 0 Å². The fraction of sp³-hybridized carbons (Fsp3) is 0.750. The van der Waals surface area contributed by atoms with Gasteiger partial charge in [0.05, 0.1) is 12.6 Å². The summed E-state index contributed by atoms with van der Waals surface area (Å²) in [4.78, 5) is 61.2. The maximum atomic E-state index is 13.1. The number of aliphatic imine (C=N–C) groups is 1. The van der Waals surface area contributed by atoms with Gasteiger partial charge in [-0.25, -0.2) is 0 Å². The molecule has 0 aliphatic carbocycles. The van der Waals surface area contributed by atoms with Crippen molar-refractivity contribution in [2.24, 2.45) is 22.2 Å². The lowest BCUT2D eigenvalue weighted by Crippen LogP contribution is -2.56. The number of imide groups is 1. The fourth-order valence-electron chi connectivity index (χ4n) is 2.55. The molecule has 14 heteroatoms. The first-order chi connectivity index (χ1) is 13.9. The molecular weight excluding hydrogens is 417 g/mol. The number of amides is 3. The molecule has 0 spiro atoms. The molecule has 0 radical (unpaired) electrons. The van der Waals surface area contributed by atoms with Crippen molar-refractivity contribution < 1.29 is 28.7 Å². The molecule has 0 fully saturated rings. The monoisotopic (exact) mass is 451 g/mol. The standard InChI is InChI=1S/C16H34N7O6P/c1-4-6-11(17)14(25)22-12(7-5-8-21-16(18)19)15(26)23(13(24)9-20-3)10(2)30(27,28)29/h10-12,20H,4-9,17H2,1-3H3,(H,22,25)(H4,18,19,21)(H2,27,28,29)/t10-,11+,12+/m1/s1. The van der Waals surface area contributed by atoms with Crippen LogP contribution < -0.4 is 27.8 Å². The topological polar surface area (TPSA) is 226 Å². The average Bonchev–Trinajstić information content (AvgIpc) is 2.63. The molecule has 3 atom stereocenters. The number of nitrogens with zero attached hydrogens (tertiary/aromatic N) is 2. The predicted octanol–water partition coefficient (Wildman–Crippen LogP) is -2.25. The van der Waals surface area contributed by atoms with E-state index in [1.54, 1.807) is 0 Å². The van der Waals surface area contributed by atoms with Crippen LogP contribution in [0.25, 0.3) is 0 Å². The summed E-state index contributed by atoms with van der Waals surface area (Å²) in [5.41, 5.74) is 16.3. The molecule has 0 unspecified atom stereocenters. The molecule has 174 valence electrons. The molecule has 0 saturated heterocycles. The molecule has 0 aliphatic rings. The highest BCUT2D eigenvalue weighted by molar-refractivity contribution is 7.52. The first kappa shape index (κ1) is 27.9. The smallest absolute Gasteiger partial charge is 0.348 e. The van der Waals surface area contributed by atoms with Crippen molar-refractivity contribution in [3.8, 4) is 0 Å². The summed E-state index contributed by atoms with van der Waals surface area (Å²) < 4.78 is 11.7. The van der Waals surface area contributed by atoms with Gasteiger partial charge < -0.3 is 37.6 Å². The SMILES string of the molecule is CCC[C@H](N)C(=O)N[C@@H](CCCN=C(N)N)C(=O)N(C(=O)CNC)[C@@H](C)P(=O)(O)O. The second-order valence-electron chi connectivity index (χ2n) is 6.76. The summed E-state index contributed by atoms with van der Waals surface area (Å²) in [5, 5.41) is 5.02. The Labute approximate surface area is 176 Å². The average molecular weight is 451 g/mol. The van der Waals surface area contributed by atoms with Crippen molar-refractivity contribution >= 4 is 31.3 Å². The Morgan fingerprint density at radius 2 is 1.80 bits per heavy atom. The summed E-state index contributed by atoms with van der Waals surface area (Å²) in [6, 6.07) is -2.12. The number of carbonyl (C=O) groups is 3. The lowest BCUT2D eigenvalue weighted by atomic mass is 10.1. The van der Waals surface area contributed by atoms with Crippen LogP contribution in [0.15, 0.2) is 4.99 Å². The summed E-state index contributed by atoms with van der Waals surface area (Å²) in [5.74, 6) is -4.27. The first-order valence-electron chi connectivity index (χ1n) is 9.53. The van der Waals surface area contributed by atoms with Crippen LogP contribution in [0.4, 0.5) is 0 Å². The van der Waals surface area contributed by atoms with Crippen LogP contribution in [-0.2, 0) is 18.9 Å². The number of carbonyl (C=O) groups excluding carboxylic acids is 3.